The zero-order chi connectivity index (χ0) is 17.8. The first kappa shape index (κ1) is 17.1. The van der Waals surface area contributed by atoms with Gasteiger partial charge in [0.15, 0.2) is 5.82 Å². The van der Waals surface area contributed by atoms with E-state index >= 15 is 0 Å². The molecule has 0 bridgehead atoms. The third-order valence-electron chi connectivity index (χ3n) is 4.62. The van der Waals surface area contributed by atoms with Crippen molar-refractivity contribution in [3.8, 4) is 11.5 Å². The minimum Gasteiger partial charge on any atom is -0.344 e. The molecular formula is C19H22N6S. The molecule has 4 rings (SSSR count). The molecule has 134 valence electrons. The van der Waals surface area contributed by atoms with Crippen LogP contribution in [0.2, 0.25) is 0 Å². The number of anilines is 1. The molecule has 26 heavy (non-hydrogen) atoms. The first-order chi connectivity index (χ1) is 12.8. The van der Waals surface area contributed by atoms with Crippen LogP contribution in [0, 0.1) is 6.92 Å². The Labute approximate surface area is 157 Å². The second-order valence-corrected chi connectivity index (χ2v) is 7.18. The van der Waals surface area contributed by atoms with Gasteiger partial charge >= 0.3 is 0 Å². The number of hydrogen-bond acceptors (Lipinski definition) is 7. The molecule has 3 aromatic rings. The number of nitrogens with zero attached hydrogens (tertiary/aromatic N) is 6. The van der Waals surface area contributed by atoms with Gasteiger partial charge in [0.05, 0.1) is 0 Å². The Kier molecular flexibility index (Phi) is 5.17. The van der Waals surface area contributed by atoms with Crippen molar-refractivity contribution in [2.24, 2.45) is 0 Å². The molecule has 7 heteroatoms. The molecule has 0 amide bonds. The molecule has 6 nitrogen and oxygen atoms in total. The number of aryl methyl sites for hydroxylation is 1. The fourth-order valence-corrected chi connectivity index (χ4v) is 3.85. The Morgan fingerprint density at radius 3 is 2.58 bits per heavy atom. The van der Waals surface area contributed by atoms with Crippen molar-refractivity contribution in [2.45, 2.75) is 13.3 Å². The summed E-state index contributed by atoms with van der Waals surface area (Å²) < 4.78 is 4.48. The molecule has 1 aliphatic heterocycles. The van der Waals surface area contributed by atoms with Crippen LogP contribution in [0.25, 0.3) is 11.5 Å². The average Bonchev–Trinajstić information content (AvgIpc) is 3.18. The van der Waals surface area contributed by atoms with Gasteiger partial charge in [0.1, 0.15) is 11.5 Å². The molecule has 1 aromatic carbocycles. The molecule has 3 heterocycles. The summed E-state index contributed by atoms with van der Waals surface area (Å²) in [5, 5.41) is 0.985. The highest BCUT2D eigenvalue weighted by molar-refractivity contribution is 7.09. The maximum absolute atomic E-state index is 4.69. The highest BCUT2D eigenvalue weighted by atomic mass is 32.1. The Bertz CT molecular complexity index is 842. The highest BCUT2D eigenvalue weighted by Gasteiger charge is 2.20. The third-order valence-corrected chi connectivity index (χ3v) is 5.40. The minimum atomic E-state index is 0.696. The summed E-state index contributed by atoms with van der Waals surface area (Å²) in [6.07, 6.45) is 2.86. The highest BCUT2D eigenvalue weighted by Crippen LogP contribution is 2.23. The van der Waals surface area contributed by atoms with Gasteiger partial charge in [-0.05, 0) is 25.0 Å². The molecule has 1 aliphatic rings. The Morgan fingerprint density at radius 2 is 1.81 bits per heavy atom. The Balaban J connectivity index is 1.32. The van der Waals surface area contributed by atoms with E-state index in [1.165, 1.54) is 17.1 Å². The van der Waals surface area contributed by atoms with Gasteiger partial charge < -0.3 is 4.90 Å². The number of rotatable bonds is 5. The van der Waals surface area contributed by atoms with Crippen LogP contribution in [0.15, 0.2) is 42.6 Å². The molecule has 1 fully saturated rings. The fraction of sp³-hybridized carbons (Fsp3) is 0.368. The Morgan fingerprint density at radius 1 is 1.00 bits per heavy atom. The molecular weight excluding hydrogens is 344 g/mol. The lowest BCUT2D eigenvalue weighted by atomic mass is 10.1. The maximum atomic E-state index is 4.69. The van der Waals surface area contributed by atoms with Gasteiger partial charge in [0.2, 0.25) is 5.13 Å². The predicted molar refractivity (Wildman–Crippen MR) is 104 cm³/mol. The topological polar surface area (TPSA) is 58.0 Å². The molecule has 0 atom stereocenters. The van der Waals surface area contributed by atoms with E-state index in [2.05, 4.69) is 59.5 Å². The van der Waals surface area contributed by atoms with Gasteiger partial charge in [-0.1, -0.05) is 30.3 Å². The van der Waals surface area contributed by atoms with Crippen LogP contribution in [0.1, 0.15) is 11.4 Å². The van der Waals surface area contributed by atoms with Crippen molar-refractivity contribution >= 4 is 16.7 Å². The van der Waals surface area contributed by atoms with Crippen LogP contribution >= 0.6 is 11.5 Å². The molecule has 0 spiro atoms. The van der Waals surface area contributed by atoms with E-state index < -0.39 is 0 Å². The van der Waals surface area contributed by atoms with E-state index in [0.717, 1.165) is 55.8 Å². The zero-order valence-corrected chi connectivity index (χ0v) is 15.7. The third kappa shape index (κ3) is 4.05. The van der Waals surface area contributed by atoms with Gasteiger partial charge in [0.25, 0.3) is 0 Å². The SMILES string of the molecule is Cc1nccc(-c2nsc(N3CCN(CCc4ccccc4)CC3)n2)n1. The quantitative estimate of drug-likeness (QED) is 0.692. The molecule has 2 aromatic heterocycles. The molecule has 0 N–H and O–H groups in total. The van der Waals surface area contributed by atoms with Crippen molar-refractivity contribution in [3.63, 3.8) is 0 Å². The number of hydrogen-bond donors (Lipinski definition) is 0. The van der Waals surface area contributed by atoms with Crippen LogP contribution in [0.4, 0.5) is 5.13 Å². The Hall–Kier alpha value is -2.38. The van der Waals surface area contributed by atoms with Gasteiger partial charge in [-0.25, -0.2) is 9.97 Å². The van der Waals surface area contributed by atoms with Crippen LogP contribution < -0.4 is 4.90 Å². The van der Waals surface area contributed by atoms with Crippen molar-refractivity contribution in [2.75, 3.05) is 37.6 Å². The van der Waals surface area contributed by atoms with Gasteiger partial charge in [-0.15, -0.1) is 0 Å². The first-order valence-electron chi connectivity index (χ1n) is 8.93. The van der Waals surface area contributed by atoms with Crippen LogP contribution in [0.5, 0.6) is 0 Å². The summed E-state index contributed by atoms with van der Waals surface area (Å²) in [4.78, 5) is 18.1. The lowest BCUT2D eigenvalue weighted by Crippen LogP contribution is -2.47. The smallest absolute Gasteiger partial charge is 0.205 e. The maximum Gasteiger partial charge on any atom is 0.205 e. The van der Waals surface area contributed by atoms with Gasteiger partial charge in [0, 0.05) is 50.5 Å². The normalized spacial score (nSPS) is 15.3. The zero-order valence-electron chi connectivity index (χ0n) is 14.9. The lowest BCUT2D eigenvalue weighted by molar-refractivity contribution is 0.261. The fourth-order valence-electron chi connectivity index (χ4n) is 3.12. The standard InChI is InChI=1S/C19H22N6S/c1-15-20-9-7-17(21-15)18-22-19(26-23-18)25-13-11-24(12-14-25)10-8-16-5-3-2-4-6-16/h2-7,9H,8,10-14H2,1H3. The van der Waals surface area contributed by atoms with Crippen molar-refractivity contribution < 1.29 is 0 Å². The number of aromatic nitrogens is 4. The monoisotopic (exact) mass is 366 g/mol. The van der Waals surface area contributed by atoms with Gasteiger partial charge in [-0.2, -0.15) is 9.36 Å². The van der Waals surface area contributed by atoms with E-state index in [-0.39, 0.29) is 0 Å². The molecule has 1 saturated heterocycles. The number of piperazine rings is 1. The average molecular weight is 366 g/mol. The van der Waals surface area contributed by atoms with Crippen molar-refractivity contribution in [1.82, 2.24) is 24.2 Å². The summed E-state index contributed by atoms with van der Waals surface area (Å²) >= 11 is 1.45. The molecule has 0 aliphatic carbocycles. The second kappa shape index (κ2) is 7.88. The second-order valence-electron chi connectivity index (χ2n) is 6.45. The summed E-state index contributed by atoms with van der Waals surface area (Å²) in [5.41, 5.74) is 2.20. The largest absolute Gasteiger partial charge is 0.344 e. The van der Waals surface area contributed by atoms with E-state index in [1.54, 1.807) is 6.20 Å². The van der Waals surface area contributed by atoms with E-state index in [9.17, 15) is 0 Å². The summed E-state index contributed by atoms with van der Waals surface area (Å²) in [6, 6.07) is 12.6. The van der Waals surface area contributed by atoms with Crippen LogP contribution in [-0.4, -0.2) is 56.9 Å². The molecule has 0 saturated carbocycles. The summed E-state index contributed by atoms with van der Waals surface area (Å²) in [5.74, 6) is 1.44. The number of benzene rings is 1. The van der Waals surface area contributed by atoms with Crippen LogP contribution in [-0.2, 0) is 6.42 Å². The molecule has 0 unspecified atom stereocenters. The van der Waals surface area contributed by atoms with E-state index in [4.69, 9.17) is 0 Å². The summed E-state index contributed by atoms with van der Waals surface area (Å²) in [7, 11) is 0. The van der Waals surface area contributed by atoms with Crippen molar-refractivity contribution in [1.29, 1.82) is 0 Å². The minimum absolute atomic E-state index is 0.696. The van der Waals surface area contributed by atoms with Crippen LogP contribution in [0.3, 0.4) is 0 Å². The lowest BCUT2D eigenvalue weighted by Gasteiger charge is -2.34. The molecule has 0 radical (unpaired) electrons. The first-order valence-corrected chi connectivity index (χ1v) is 9.70. The summed E-state index contributed by atoms with van der Waals surface area (Å²) in [6.45, 7) is 7.10. The predicted octanol–water partition coefficient (Wildman–Crippen LogP) is 2.67. The van der Waals surface area contributed by atoms with Crippen molar-refractivity contribution in [3.05, 3.63) is 54.0 Å². The van der Waals surface area contributed by atoms with E-state index in [1.807, 2.05) is 13.0 Å². The van der Waals surface area contributed by atoms with Gasteiger partial charge in [-0.3, -0.25) is 4.90 Å². The van der Waals surface area contributed by atoms with E-state index in [0.29, 0.717) is 5.82 Å².